The normalized spacial score (nSPS) is 16.2. The largest absolute Gasteiger partial charge is 0.445 e. The van der Waals surface area contributed by atoms with Crippen molar-refractivity contribution in [3.05, 3.63) is 89.4 Å². The molecule has 2 unspecified atom stereocenters. The number of ether oxygens (including phenoxy) is 1. The molecule has 1 N–H and O–H groups in total. The topological polar surface area (TPSA) is 105 Å². The van der Waals surface area contributed by atoms with Gasteiger partial charge in [-0.2, -0.15) is 0 Å². The van der Waals surface area contributed by atoms with E-state index in [1.807, 2.05) is 67.0 Å². The lowest BCUT2D eigenvalue weighted by Gasteiger charge is -2.41. The van der Waals surface area contributed by atoms with Crippen LogP contribution in [0, 0.1) is 0 Å². The Morgan fingerprint density at radius 3 is 2.74 bits per heavy atom. The first kappa shape index (κ1) is 25.4. The Labute approximate surface area is 224 Å². The lowest BCUT2D eigenvalue weighted by atomic mass is 10.1. The van der Waals surface area contributed by atoms with Crippen molar-refractivity contribution in [1.29, 1.82) is 0 Å². The maximum atomic E-state index is 13.1. The number of hydrogen-bond acceptors (Lipinski definition) is 8. The second-order valence-corrected chi connectivity index (χ2v) is 10.0. The number of anilines is 1. The second-order valence-electron chi connectivity index (χ2n) is 9.05. The molecular formula is C27H29N7O3S. The minimum atomic E-state index is -0.396. The Hall–Kier alpha value is -4.25. The highest BCUT2D eigenvalue weighted by atomic mass is 32.1. The van der Waals surface area contributed by atoms with Crippen LogP contribution in [0.5, 0.6) is 0 Å². The number of rotatable bonds is 8. The summed E-state index contributed by atoms with van der Waals surface area (Å²) in [5.74, 6) is 1.26. The molecule has 0 radical (unpaired) electrons. The predicted octanol–water partition coefficient (Wildman–Crippen LogP) is 3.82. The first-order chi connectivity index (χ1) is 18.6. The molecule has 1 aromatic carbocycles. The molecule has 5 rings (SSSR count). The molecule has 0 saturated carbocycles. The molecule has 2 atom stereocenters. The van der Waals surface area contributed by atoms with Crippen LogP contribution in [0.2, 0.25) is 0 Å². The van der Waals surface area contributed by atoms with E-state index in [2.05, 4.69) is 25.2 Å². The maximum absolute atomic E-state index is 13.1. The number of nitrogens with zero attached hydrogens (tertiary/aromatic N) is 6. The van der Waals surface area contributed by atoms with E-state index in [0.717, 1.165) is 10.4 Å². The Bertz CT molecular complexity index is 1330. The van der Waals surface area contributed by atoms with Crippen LogP contribution in [-0.2, 0) is 16.1 Å². The van der Waals surface area contributed by atoms with Gasteiger partial charge in [0, 0.05) is 49.4 Å². The highest BCUT2D eigenvalue weighted by molar-refractivity contribution is 7.10. The summed E-state index contributed by atoms with van der Waals surface area (Å²) < 4.78 is 7.38. The average Bonchev–Trinajstić information content (AvgIpc) is 3.68. The number of nitrogens with one attached hydrogen (secondary N) is 1. The van der Waals surface area contributed by atoms with Gasteiger partial charge in [0.05, 0.1) is 12.1 Å². The third-order valence-corrected chi connectivity index (χ3v) is 7.47. The number of hydrogen-bond donors (Lipinski definition) is 1. The molecule has 1 saturated heterocycles. The zero-order valence-electron chi connectivity index (χ0n) is 21.0. The highest BCUT2D eigenvalue weighted by Gasteiger charge is 2.33. The van der Waals surface area contributed by atoms with Crippen LogP contribution in [0.3, 0.4) is 0 Å². The Morgan fingerprint density at radius 1 is 1.13 bits per heavy atom. The molecule has 10 nitrogen and oxygen atoms in total. The van der Waals surface area contributed by atoms with E-state index in [-0.39, 0.29) is 31.0 Å². The van der Waals surface area contributed by atoms with E-state index in [4.69, 9.17) is 4.74 Å². The summed E-state index contributed by atoms with van der Waals surface area (Å²) in [6.07, 6.45) is 6.47. The molecular weight excluding hydrogens is 502 g/mol. The van der Waals surface area contributed by atoms with Gasteiger partial charge in [0.1, 0.15) is 30.9 Å². The van der Waals surface area contributed by atoms with E-state index < -0.39 is 6.09 Å². The molecule has 1 aliphatic rings. The number of carbonyl (C=O) groups excluding carboxylic acids is 2. The molecule has 1 aliphatic heterocycles. The monoisotopic (exact) mass is 531 g/mol. The van der Waals surface area contributed by atoms with E-state index >= 15 is 0 Å². The quantitative estimate of drug-likeness (QED) is 0.369. The van der Waals surface area contributed by atoms with Crippen molar-refractivity contribution in [1.82, 2.24) is 29.7 Å². The Balaban J connectivity index is 1.31. The lowest BCUT2D eigenvalue weighted by molar-refractivity contribution is -0.122. The van der Waals surface area contributed by atoms with Crippen molar-refractivity contribution >= 4 is 29.2 Å². The molecule has 3 aromatic heterocycles. The van der Waals surface area contributed by atoms with E-state index in [9.17, 15) is 9.59 Å². The van der Waals surface area contributed by atoms with E-state index in [0.29, 0.717) is 31.3 Å². The van der Waals surface area contributed by atoms with Crippen LogP contribution in [0.1, 0.15) is 29.8 Å². The van der Waals surface area contributed by atoms with Gasteiger partial charge in [-0.3, -0.25) is 9.36 Å². The summed E-state index contributed by atoms with van der Waals surface area (Å²) >= 11 is 1.61. The van der Waals surface area contributed by atoms with Gasteiger partial charge in [-0.15, -0.1) is 11.3 Å². The van der Waals surface area contributed by atoms with Crippen molar-refractivity contribution in [3.63, 3.8) is 0 Å². The van der Waals surface area contributed by atoms with Crippen LogP contribution in [-0.4, -0.2) is 62.1 Å². The molecule has 4 heterocycles. The van der Waals surface area contributed by atoms with Crippen LogP contribution < -0.4 is 10.2 Å². The molecule has 196 valence electrons. The molecule has 2 amide bonds. The summed E-state index contributed by atoms with van der Waals surface area (Å²) in [6.45, 7) is 3.45. The number of thiophene rings is 1. The third-order valence-electron chi connectivity index (χ3n) is 6.42. The van der Waals surface area contributed by atoms with Gasteiger partial charge in [-0.05, 0) is 23.9 Å². The zero-order chi connectivity index (χ0) is 26.3. The predicted molar refractivity (Wildman–Crippen MR) is 144 cm³/mol. The van der Waals surface area contributed by atoms with Crippen LogP contribution >= 0.6 is 11.3 Å². The van der Waals surface area contributed by atoms with Crippen molar-refractivity contribution in [2.45, 2.75) is 32.0 Å². The maximum Gasteiger partial charge on any atom is 0.410 e. The lowest BCUT2D eigenvalue weighted by Crippen LogP contribution is -2.56. The fourth-order valence-corrected chi connectivity index (χ4v) is 5.20. The summed E-state index contributed by atoms with van der Waals surface area (Å²) in [6, 6.07) is 15.0. The fraction of sp³-hybridized carbons (Fsp3) is 0.296. The van der Waals surface area contributed by atoms with Crippen molar-refractivity contribution < 1.29 is 14.3 Å². The van der Waals surface area contributed by atoms with Crippen molar-refractivity contribution in [2.24, 2.45) is 0 Å². The molecule has 11 heteroatoms. The molecule has 4 aromatic rings. The fourth-order valence-electron chi connectivity index (χ4n) is 4.46. The smallest absolute Gasteiger partial charge is 0.410 e. The van der Waals surface area contributed by atoms with Crippen LogP contribution in [0.25, 0.3) is 5.82 Å². The minimum Gasteiger partial charge on any atom is -0.445 e. The van der Waals surface area contributed by atoms with Gasteiger partial charge in [-0.1, -0.05) is 36.4 Å². The number of imidazole rings is 1. The minimum absolute atomic E-state index is 0.0932. The molecule has 1 fully saturated rings. The standard InChI is InChI=1S/C27H29N7O3S/c1-20(23-8-5-13-38-23)31-26(35)14-22-16-32(27(36)37-17-21-6-3-2-4-7-21)11-12-34(22)25-15-24(29-18-30-25)33-10-9-28-19-33/h2-10,13,15,18-20,22H,11-12,14,16-17H2,1H3,(H,31,35). The van der Waals surface area contributed by atoms with E-state index in [1.165, 1.54) is 6.33 Å². The first-order valence-electron chi connectivity index (χ1n) is 12.4. The average molecular weight is 532 g/mol. The number of carbonyl (C=O) groups is 2. The second kappa shape index (κ2) is 11.9. The molecule has 38 heavy (non-hydrogen) atoms. The Morgan fingerprint density at radius 2 is 1.97 bits per heavy atom. The van der Waals surface area contributed by atoms with Crippen molar-refractivity contribution in [2.75, 3.05) is 24.5 Å². The van der Waals surface area contributed by atoms with Crippen LogP contribution in [0.4, 0.5) is 10.6 Å². The number of aromatic nitrogens is 4. The molecule has 0 bridgehead atoms. The SMILES string of the molecule is CC(NC(=O)CC1CN(C(=O)OCc2ccccc2)CCN1c1cc(-n2ccnc2)ncn1)c1cccs1. The van der Waals surface area contributed by atoms with Gasteiger partial charge in [0.2, 0.25) is 5.91 Å². The summed E-state index contributed by atoms with van der Waals surface area (Å²) in [4.78, 5) is 43.8. The van der Waals surface area contributed by atoms with Gasteiger partial charge in [0.25, 0.3) is 0 Å². The summed E-state index contributed by atoms with van der Waals surface area (Å²) in [5.41, 5.74) is 0.922. The number of amides is 2. The molecule has 0 spiro atoms. The number of benzene rings is 1. The van der Waals surface area contributed by atoms with Gasteiger partial charge >= 0.3 is 6.09 Å². The Kier molecular flexibility index (Phi) is 7.93. The van der Waals surface area contributed by atoms with Gasteiger partial charge in [0.15, 0.2) is 0 Å². The number of piperazine rings is 1. The zero-order valence-corrected chi connectivity index (χ0v) is 21.8. The summed E-state index contributed by atoms with van der Waals surface area (Å²) in [7, 11) is 0. The third kappa shape index (κ3) is 6.17. The van der Waals surface area contributed by atoms with Crippen LogP contribution in [0.15, 0.2) is 79.0 Å². The van der Waals surface area contributed by atoms with Crippen molar-refractivity contribution in [3.8, 4) is 5.82 Å². The van der Waals surface area contributed by atoms with Gasteiger partial charge < -0.3 is 19.9 Å². The highest BCUT2D eigenvalue weighted by Crippen LogP contribution is 2.24. The van der Waals surface area contributed by atoms with E-state index in [1.54, 1.807) is 33.3 Å². The first-order valence-corrected chi connectivity index (χ1v) is 13.3. The summed E-state index contributed by atoms with van der Waals surface area (Å²) in [5, 5.41) is 5.08. The molecule has 0 aliphatic carbocycles. The van der Waals surface area contributed by atoms with Gasteiger partial charge in [-0.25, -0.2) is 19.7 Å².